The SMILES string of the molecule is CC1=CC(=C2C=C(C)c3ccccc3[N+]2=O)N([O-])c2ccccc21. The minimum absolute atomic E-state index is 0.370. The lowest BCUT2D eigenvalue weighted by Gasteiger charge is -2.36. The highest BCUT2D eigenvalue weighted by atomic mass is 16.5. The second-order valence-electron chi connectivity index (χ2n) is 6.05. The lowest BCUT2D eigenvalue weighted by Crippen LogP contribution is -2.22. The Hall–Kier alpha value is -2.98. The van der Waals surface area contributed by atoms with E-state index in [1.165, 1.54) is 0 Å². The molecule has 0 amide bonds. The molecule has 0 radical (unpaired) electrons. The van der Waals surface area contributed by atoms with Crippen LogP contribution in [0.3, 0.4) is 0 Å². The van der Waals surface area contributed by atoms with Crippen molar-refractivity contribution in [3.8, 4) is 0 Å². The van der Waals surface area contributed by atoms with E-state index in [0.29, 0.717) is 22.8 Å². The maximum atomic E-state index is 12.8. The summed E-state index contributed by atoms with van der Waals surface area (Å²) >= 11 is 0. The molecule has 24 heavy (non-hydrogen) atoms. The Morgan fingerprint density at radius 3 is 2.29 bits per heavy atom. The summed E-state index contributed by atoms with van der Waals surface area (Å²) in [4.78, 5) is 12.8. The first-order chi connectivity index (χ1) is 11.6. The first-order valence-electron chi connectivity index (χ1n) is 7.82. The van der Waals surface area contributed by atoms with E-state index < -0.39 is 0 Å². The molecule has 4 nitrogen and oxygen atoms in total. The molecule has 0 aliphatic carbocycles. The van der Waals surface area contributed by atoms with Crippen molar-refractivity contribution in [2.45, 2.75) is 13.8 Å². The summed E-state index contributed by atoms with van der Waals surface area (Å²) in [5.74, 6) is 0. The molecule has 0 N–H and O–H groups in total. The molecular weight excluding hydrogens is 300 g/mol. The monoisotopic (exact) mass is 316 g/mol. The highest BCUT2D eigenvalue weighted by Crippen LogP contribution is 2.40. The van der Waals surface area contributed by atoms with E-state index >= 15 is 0 Å². The Labute approximate surface area is 140 Å². The lowest BCUT2D eigenvalue weighted by molar-refractivity contribution is -0.403. The maximum Gasteiger partial charge on any atom is 0.286 e. The second kappa shape index (κ2) is 5.28. The van der Waals surface area contributed by atoms with Crippen molar-refractivity contribution in [3.63, 3.8) is 0 Å². The molecule has 0 fully saturated rings. The van der Waals surface area contributed by atoms with Gasteiger partial charge in [-0.05, 0) is 43.2 Å². The minimum Gasteiger partial charge on any atom is -0.754 e. The summed E-state index contributed by atoms with van der Waals surface area (Å²) in [7, 11) is 0. The summed E-state index contributed by atoms with van der Waals surface area (Å²) < 4.78 is 0.848. The average Bonchev–Trinajstić information content (AvgIpc) is 2.61. The fourth-order valence-electron chi connectivity index (χ4n) is 3.27. The third-order valence-electron chi connectivity index (χ3n) is 4.50. The standard InChI is InChI=1S/C20H16N2O2/c1-13-11-19(21(23)17-9-5-3-7-15(13)17)20-12-14(2)16-8-4-6-10-18(16)22(20)24/h3-12H,1-2H3. The molecule has 0 unspecified atom stereocenters. The molecule has 0 atom stereocenters. The van der Waals surface area contributed by atoms with Gasteiger partial charge in [-0.1, -0.05) is 30.3 Å². The summed E-state index contributed by atoms with van der Waals surface area (Å²) in [5, 5.41) is 13.7. The Morgan fingerprint density at radius 1 is 0.875 bits per heavy atom. The van der Waals surface area contributed by atoms with Gasteiger partial charge in [0.1, 0.15) is 5.70 Å². The van der Waals surface area contributed by atoms with Crippen LogP contribution in [0.25, 0.3) is 11.1 Å². The van der Waals surface area contributed by atoms with Crippen molar-refractivity contribution < 1.29 is 4.76 Å². The van der Waals surface area contributed by atoms with Crippen molar-refractivity contribution in [2.24, 2.45) is 0 Å². The molecule has 4 rings (SSSR count). The van der Waals surface area contributed by atoms with E-state index in [1.54, 1.807) is 24.3 Å². The molecule has 2 aliphatic rings. The summed E-state index contributed by atoms with van der Waals surface area (Å²) in [6.07, 6.45) is 3.57. The number of fused-ring (bicyclic) bond motifs is 2. The smallest absolute Gasteiger partial charge is 0.286 e. The van der Waals surface area contributed by atoms with Crippen LogP contribution in [0.2, 0.25) is 0 Å². The molecule has 0 saturated heterocycles. The number of hydrogen-bond donors (Lipinski definition) is 0. The molecule has 2 aliphatic heterocycles. The number of hydrogen-bond acceptors (Lipinski definition) is 3. The van der Waals surface area contributed by atoms with E-state index in [4.69, 9.17) is 0 Å². The van der Waals surface area contributed by atoms with Gasteiger partial charge in [0.15, 0.2) is 0 Å². The maximum absolute atomic E-state index is 12.8. The number of anilines is 1. The Balaban J connectivity index is 1.95. The molecule has 4 heteroatoms. The van der Waals surface area contributed by atoms with Gasteiger partial charge in [0.05, 0.1) is 10.3 Å². The predicted octanol–water partition coefficient (Wildman–Crippen LogP) is 5.15. The van der Waals surface area contributed by atoms with Crippen molar-refractivity contribution in [1.29, 1.82) is 0 Å². The minimum atomic E-state index is 0.370. The average molecular weight is 316 g/mol. The quantitative estimate of drug-likeness (QED) is 0.632. The Morgan fingerprint density at radius 2 is 1.50 bits per heavy atom. The van der Waals surface area contributed by atoms with Gasteiger partial charge in [-0.15, -0.1) is 0 Å². The lowest BCUT2D eigenvalue weighted by atomic mass is 9.96. The molecule has 118 valence electrons. The zero-order valence-corrected chi connectivity index (χ0v) is 13.5. The molecule has 2 aromatic rings. The van der Waals surface area contributed by atoms with E-state index in [2.05, 4.69) is 0 Å². The number of rotatable bonds is 0. The van der Waals surface area contributed by atoms with Gasteiger partial charge in [-0.25, -0.2) is 0 Å². The third-order valence-corrected chi connectivity index (χ3v) is 4.50. The van der Waals surface area contributed by atoms with Gasteiger partial charge in [0, 0.05) is 28.3 Å². The zero-order chi connectivity index (χ0) is 16.8. The number of allylic oxidation sites excluding steroid dienone is 4. The molecule has 0 aromatic heterocycles. The van der Waals surface area contributed by atoms with Crippen LogP contribution in [0.5, 0.6) is 0 Å². The van der Waals surface area contributed by atoms with Gasteiger partial charge >= 0.3 is 0 Å². The molecule has 0 saturated carbocycles. The van der Waals surface area contributed by atoms with Crippen LogP contribution >= 0.6 is 0 Å². The van der Waals surface area contributed by atoms with Crippen molar-refractivity contribution in [3.05, 3.63) is 93.3 Å². The van der Waals surface area contributed by atoms with E-state index in [0.717, 1.165) is 32.1 Å². The largest absolute Gasteiger partial charge is 0.754 e. The van der Waals surface area contributed by atoms with Gasteiger partial charge in [0.25, 0.3) is 11.4 Å². The van der Waals surface area contributed by atoms with Crippen LogP contribution in [0.15, 0.2) is 72.1 Å². The number of benzene rings is 2. The molecule has 2 heterocycles. The van der Waals surface area contributed by atoms with Crippen LogP contribution in [0.1, 0.15) is 25.0 Å². The van der Waals surface area contributed by atoms with Crippen molar-refractivity contribution in [2.75, 3.05) is 5.06 Å². The number of nitroso groups, excluding NO2 is 1. The highest BCUT2D eigenvalue weighted by Gasteiger charge is 2.33. The van der Waals surface area contributed by atoms with Gasteiger partial charge in [0.2, 0.25) is 0 Å². The van der Waals surface area contributed by atoms with E-state index in [1.807, 2.05) is 50.2 Å². The third kappa shape index (κ3) is 2.04. The Kier molecular flexibility index (Phi) is 3.22. The number of para-hydroxylation sites is 2. The summed E-state index contributed by atoms with van der Waals surface area (Å²) in [6.45, 7) is 3.91. The summed E-state index contributed by atoms with van der Waals surface area (Å²) in [6, 6.07) is 14.9. The molecule has 0 spiro atoms. The van der Waals surface area contributed by atoms with Crippen LogP contribution in [-0.4, -0.2) is 4.76 Å². The summed E-state index contributed by atoms with van der Waals surface area (Å²) in [5.41, 5.74) is 5.61. The van der Waals surface area contributed by atoms with Crippen LogP contribution < -0.4 is 5.06 Å². The predicted molar refractivity (Wildman–Crippen MR) is 96.3 cm³/mol. The number of nitrogens with zero attached hydrogens (tertiary/aromatic N) is 2. The topological polar surface area (TPSA) is 46.4 Å². The molecule has 2 aromatic carbocycles. The van der Waals surface area contributed by atoms with Crippen molar-refractivity contribution in [1.82, 2.24) is 0 Å². The number of hydroxylamine groups is 1. The van der Waals surface area contributed by atoms with Gasteiger partial charge in [-0.2, -0.15) is 0 Å². The van der Waals surface area contributed by atoms with Crippen LogP contribution in [-0.2, 0) is 0 Å². The second-order valence-corrected chi connectivity index (χ2v) is 6.05. The fraction of sp³-hybridized carbons (Fsp3) is 0.100. The van der Waals surface area contributed by atoms with Gasteiger partial charge in [-0.3, -0.25) is 0 Å². The normalized spacial score (nSPS) is 19.5. The Bertz CT molecular complexity index is 967. The van der Waals surface area contributed by atoms with Gasteiger partial charge < -0.3 is 10.3 Å². The fourth-order valence-corrected chi connectivity index (χ4v) is 3.27. The first kappa shape index (κ1) is 14.6. The molecule has 0 bridgehead atoms. The van der Waals surface area contributed by atoms with Crippen LogP contribution in [0, 0.1) is 10.1 Å². The van der Waals surface area contributed by atoms with E-state index in [-0.39, 0.29) is 0 Å². The zero-order valence-electron chi connectivity index (χ0n) is 13.5. The first-order valence-corrected chi connectivity index (χ1v) is 7.82. The molecular formula is C20H16N2O2. The highest BCUT2D eigenvalue weighted by molar-refractivity contribution is 5.85. The van der Waals surface area contributed by atoms with E-state index in [9.17, 15) is 10.1 Å². The van der Waals surface area contributed by atoms with Crippen molar-refractivity contribution >= 4 is 22.5 Å². The van der Waals surface area contributed by atoms with Crippen LogP contribution in [0.4, 0.5) is 11.4 Å².